The summed E-state index contributed by atoms with van der Waals surface area (Å²) >= 11 is 0. The summed E-state index contributed by atoms with van der Waals surface area (Å²) in [6.07, 6.45) is 1.55. The van der Waals surface area contributed by atoms with Crippen molar-refractivity contribution in [3.63, 3.8) is 0 Å². The zero-order valence-electron chi connectivity index (χ0n) is 11.1. The zero-order chi connectivity index (χ0) is 14.7. The van der Waals surface area contributed by atoms with Gasteiger partial charge in [-0.2, -0.15) is 5.10 Å². The first-order valence-electron chi connectivity index (χ1n) is 5.72. The Bertz CT molecular complexity index is 510. The van der Waals surface area contributed by atoms with Gasteiger partial charge in [0.05, 0.1) is 6.26 Å². The fraction of sp³-hybridized carbons (Fsp3) is 0.700. The maximum absolute atomic E-state index is 11.7. The van der Waals surface area contributed by atoms with E-state index < -0.39 is 21.5 Å². The molecule has 0 aromatic heterocycles. The molecule has 0 fully saturated rings. The van der Waals surface area contributed by atoms with Crippen LogP contribution in [0.5, 0.6) is 0 Å². The number of sulfonamides is 1. The topological polar surface area (TPSA) is 117 Å². The molecule has 0 saturated carbocycles. The van der Waals surface area contributed by atoms with Crippen molar-refractivity contribution in [3.8, 4) is 0 Å². The molecule has 0 aromatic rings. The van der Waals surface area contributed by atoms with Gasteiger partial charge in [0.15, 0.2) is 0 Å². The monoisotopic (exact) mass is 290 g/mol. The van der Waals surface area contributed by atoms with Crippen LogP contribution in [0.4, 0.5) is 0 Å². The van der Waals surface area contributed by atoms with Crippen LogP contribution in [0.1, 0.15) is 26.7 Å². The third kappa shape index (κ3) is 5.79. The summed E-state index contributed by atoms with van der Waals surface area (Å²) in [6.45, 7) is 3.42. The molecule has 3 N–H and O–H groups in total. The summed E-state index contributed by atoms with van der Waals surface area (Å²) in [7, 11) is -3.35. The largest absolute Gasteiger partial charge is 0.349 e. The van der Waals surface area contributed by atoms with E-state index in [1.165, 1.54) is 0 Å². The Hall–Kier alpha value is -1.48. The van der Waals surface area contributed by atoms with Gasteiger partial charge in [0, 0.05) is 24.9 Å². The number of rotatable bonds is 5. The second kappa shape index (κ2) is 5.66. The van der Waals surface area contributed by atoms with Gasteiger partial charge in [0.1, 0.15) is 5.71 Å². The molecule has 1 aliphatic heterocycles. The minimum absolute atomic E-state index is 0.117. The van der Waals surface area contributed by atoms with E-state index >= 15 is 0 Å². The Labute approximate surface area is 112 Å². The lowest BCUT2D eigenvalue weighted by molar-refractivity contribution is -0.121. The summed E-state index contributed by atoms with van der Waals surface area (Å²) in [5, 5.41) is 6.23. The van der Waals surface area contributed by atoms with Crippen LogP contribution in [-0.4, -0.2) is 44.3 Å². The molecule has 0 spiro atoms. The van der Waals surface area contributed by atoms with Gasteiger partial charge in [-0.15, -0.1) is 0 Å². The molecule has 19 heavy (non-hydrogen) atoms. The number of hydrazone groups is 1. The number of carbonyl (C=O) groups excluding carboxylic acids is 2. The number of nitrogens with one attached hydrogen (secondary N) is 3. The average Bonchev–Trinajstić information content (AvgIpc) is 2.24. The first-order chi connectivity index (χ1) is 8.59. The zero-order valence-corrected chi connectivity index (χ0v) is 11.9. The van der Waals surface area contributed by atoms with Crippen molar-refractivity contribution in [1.82, 2.24) is 15.5 Å². The fourth-order valence-electron chi connectivity index (χ4n) is 1.58. The number of carbonyl (C=O) groups is 2. The third-order valence-corrected chi connectivity index (χ3v) is 3.24. The minimum atomic E-state index is -3.35. The van der Waals surface area contributed by atoms with Crippen molar-refractivity contribution >= 4 is 27.5 Å². The molecule has 0 aromatic carbocycles. The van der Waals surface area contributed by atoms with Gasteiger partial charge < -0.3 is 5.32 Å². The van der Waals surface area contributed by atoms with Gasteiger partial charge in [-0.05, 0) is 13.8 Å². The molecule has 1 heterocycles. The van der Waals surface area contributed by atoms with Crippen molar-refractivity contribution in [2.75, 3.05) is 12.8 Å². The van der Waals surface area contributed by atoms with Crippen LogP contribution >= 0.6 is 0 Å². The van der Waals surface area contributed by atoms with E-state index in [4.69, 9.17) is 0 Å². The predicted octanol–water partition coefficient (Wildman–Crippen LogP) is -1.30. The van der Waals surface area contributed by atoms with Crippen LogP contribution in [-0.2, 0) is 19.6 Å². The molecule has 0 bridgehead atoms. The standard InChI is InChI=1S/C10H18N4O4S/c1-10(2,14-19(3,17)18)6-11-9(16)7-4-5-8(15)13-12-7/h14H,4-6H2,1-3H3,(H,11,16)(H,13,15). The van der Waals surface area contributed by atoms with E-state index in [0.29, 0.717) is 0 Å². The molecule has 2 amide bonds. The molecule has 9 heteroatoms. The highest BCUT2D eigenvalue weighted by molar-refractivity contribution is 7.88. The molecule has 0 atom stereocenters. The SMILES string of the molecule is CC(C)(CNC(=O)C1=NNC(=O)CC1)NS(C)(=O)=O. The van der Waals surface area contributed by atoms with E-state index in [0.717, 1.165) is 6.26 Å². The van der Waals surface area contributed by atoms with Crippen molar-refractivity contribution in [3.05, 3.63) is 0 Å². The highest BCUT2D eigenvalue weighted by Crippen LogP contribution is 2.03. The summed E-state index contributed by atoms with van der Waals surface area (Å²) < 4.78 is 24.7. The third-order valence-electron chi connectivity index (χ3n) is 2.32. The Morgan fingerprint density at radius 1 is 1.42 bits per heavy atom. The molecule has 108 valence electrons. The second-order valence-corrected chi connectivity index (χ2v) is 6.78. The summed E-state index contributed by atoms with van der Waals surface area (Å²) in [5.74, 6) is -0.640. The molecular formula is C10H18N4O4S. The van der Waals surface area contributed by atoms with Crippen LogP contribution in [0.2, 0.25) is 0 Å². The van der Waals surface area contributed by atoms with Crippen LogP contribution in [0.3, 0.4) is 0 Å². The predicted molar refractivity (Wildman–Crippen MR) is 69.9 cm³/mol. The molecule has 0 saturated heterocycles. The van der Waals surface area contributed by atoms with Crippen molar-refractivity contribution in [2.45, 2.75) is 32.2 Å². The van der Waals surface area contributed by atoms with E-state index in [2.05, 4.69) is 20.6 Å². The molecular weight excluding hydrogens is 272 g/mol. The van der Waals surface area contributed by atoms with Crippen molar-refractivity contribution in [1.29, 1.82) is 0 Å². The van der Waals surface area contributed by atoms with Gasteiger partial charge in [0.2, 0.25) is 15.9 Å². The van der Waals surface area contributed by atoms with E-state index in [1.807, 2.05) is 0 Å². The minimum Gasteiger partial charge on any atom is -0.349 e. The summed E-state index contributed by atoms with van der Waals surface area (Å²) in [5.41, 5.74) is 1.65. The number of nitrogens with zero attached hydrogens (tertiary/aromatic N) is 1. The smallest absolute Gasteiger partial charge is 0.267 e. The van der Waals surface area contributed by atoms with Gasteiger partial charge >= 0.3 is 0 Å². The lowest BCUT2D eigenvalue weighted by atomic mass is 10.1. The van der Waals surface area contributed by atoms with Crippen LogP contribution in [0.15, 0.2) is 5.10 Å². The lowest BCUT2D eigenvalue weighted by Gasteiger charge is -2.25. The average molecular weight is 290 g/mol. The van der Waals surface area contributed by atoms with E-state index in [9.17, 15) is 18.0 Å². The Balaban J connectivity index is 2.52. The van der Waals surface area contributed by atoms with Gasteiger partial charge in [-0.25, -0.2) is 18.6 Å². The van der Waals surface area contributed by atoms with Crippen molar-refractivity contribution < 1.29 is 18.0 Å². The maximum atomic E-state index is 11.7. The number of hydrogen-bond acceptors (Lipinski definition) is 5. The number of hydrogen-bond donors (Lipinski definition) is 3. The fourth-order valence-corrected chi connectivity index (χ4v) is 2.66. The molecule has 0 aliphatic carbocycles. The maximum Gasteiger partial charge on any atom is 0.267 e. The van der Waals surface area contributed by atoms with E-state index in [-0.39, 0.29) is 31.0 Å². The van der Waals surface area contributed by atoms with Crippen LogP contribution in [0, 0.1) is 0 Å². The highest BCUT2D eigenvalue weighted by Gasteiger charge is 2.24. The van der Waals surface area contributed by atoms with Crippen LogP contribution < -0.4 is 15.5 Å². The van der Waals surface area contributed by atoms with Gasteiger partial charge in [0.25, 0.3) is 5.91 Å². The molecule has 0 unspecified atom stereocenters. The molecule has 8 nitrogen and oxygen atoms in total. The summed E-state index contributed by atoms with van der Waals surface area (Å²) in [4.78, 5) is 22.6. The highest BCUT2D eigenvalue weighted by atomic mass is 32.2. The first-order valence-corrected chi connectivity index (χ1v) is 7.61. The Morgan fingerprint density at radius 2 is 2.05 bits per heavy atom. The Kier molecular flexibility index (Phi) is 4.64. The lowest BCUT2D eigenvalue weighted by Crippen LogP contribution is -2.52. The van der Waals surface area contributed by atoms with Crippen molar-refractivity contribution in [2.24, 2.45) is 5.10 Å². The normalized spacial score (nSPS) is 16.6. The van der Waals surface area contributed by atoms with E-state index in [1.54, 1.807) is 13.8 Å². The van der Waals surface area contributed by atoms with Crippen LogP contribution in [0.25, 0.3) is 0 Å². The molecule has 0 radical (unpaired) electrons. The van der Waals surface area contributed by atoms with Gasteiger partial charge in [-0.3, -0.25) is 9.59 Å². The molecule has 1 aliphatic rings. The molecule has 1 rings (SSSR count). The summed E-state index contributed by atoms with van der Waals surface area (Å²) in [6, 6.07) is 0. The van der Waals surface area contributed by atoms with Gasteiger partial charge in [-0.1, -0.05) is 0 Å². The second-order valence-electron chi connectivity index (χ2n) is 5.03. The Morgan fingerprint density at radius 3 is 2.53 bits per heavy atom. The quantitative estimate of drug-likeness (QED) is 0.583. The number of amides is 2. The first kappa shape index (κ1) is 15.6.